The molecule has 1 unspecified atom stereocenters. The van der Waals surface area contributed by atoms with Crippen LogP contribution < -0.4 is 5.73 Å². The molecular formula is C10H16N4O2. The van der Waals surface area contributed by atoms with Crippen LogP contribution in [0.4, 0.5) is 5.82 Å². The number of anilines is 1. The Balaban J connectivity index is 2.08. The minimum absolute atomic E-state index is 0.0680. The average Bonchev–Trinajstić information content (AvgIpc) is 2.56. The van der Waals surface area contributed by atoms with Crippen LogP contribution in [-0.2, 0) is 4.74 Å². The predicted molar refractivity (Wildman–Crippen MR) is 58.9 cm³/mol. The maximum Gasteiger partial charge on any atom is 0.272 e. The van der Waals surface area contributed by atoms with E-state index in [1.54, 1.807) is 11.0 Å². The number of amides is 1. The van der Waals surface area contributed by atoms with Crippen molar-refractivity contribution >= 4 is 11.7 Å². The molecule has 2 heterocycles. The summed E-state index contributed by atoms with van der Waals surface area (Å²) in [5.74, 6) is 0.268. The van der Waals surface area contributed by atoms with Crippen molar-refractivity contribution in [3.8, 4) is 0 Å². The van der Waals surface area contributed by atoms with E-state index in [1.807, 2.05) is 6.92 Å². The second-order valence-electron chi connectivity index (χ2n) is 3.99. The molecule has 1 aromatic heterocycles. The molecule has 1 saturated heterocycles. The molecule has 0 saturated carbocycles. The van der Waals surface area contributed by atoms with Crippen molar-refractivity contribution < 1.29 is 9.53 Å². The van der Waals surface area contributed by atoms with Gasteiger partial charge in [-0.05, 0) is 13.3 Å². The topological polar surface area (TPSA) is 84.2 Å². The zero-order chi connectivity index (χ0) is 11.5. The number of nitrogen functional groups attached to an aromatic ring is 1. The number of aromatic amines is 1. The summed E-state index contributed by atoms with van der Waals surface area (Å²) in [6, 6.07) is 1.55. The van der Waals surface area contributed by atoms with Gasteiger partial charge in [0, 0.05) is 25.8 Å². The highest BCUT2D eigenvalue weighted by atomic mass is 16.5. The summed E-state index contributed by atoms with van der Waals surface area (Å²) < 4.78 is 5.48. The summed E-state index contributed by atoms with van der Waals surface area (Å²) in [6.07, 6.45) is 0.936. The van der Waals surface area contributed by atoms with E-state index >= 15 is 0 Å². The lowest BCUT2D eigenvalue weighted by molar-refractivity contribution is 0.0559. The van der Waals surface area contributed by atoms with Crippen molar-refractivity contribution in [2.75, 3.05) is 25.4 Å². The van der Waals surface area contributed by atoms with E-state index in [0.717, 1.165) is 6.42 Å². The summed E-state index contributed by atoms with van der Waals surface area (Å²) in [5.41, 5.74) is 5.90. The molecular weight excluding hydrogens is 208 g/mol. The molecule has 1 fully saturated rings. The van der Waals surface area contributed by atoms with Crippen LogP contribution in [0.25, 0.3) is 0 Å². The molecule has 0 spiro atoms. The lowest BCUT2D eigenvalue weighted by atomic mass is 10.3. The monoisotopic (exact) mass is 224 g/mol. The molecule has 1 aliphatic rings. The lowest BCUT2D eigenvalue weighted by Gasteiger charge is -2.21. The molecule has 1 amide bonds. The Morgan fingerprint density at radius 3 is 3.25 bits per heavy atom. The number of aromatic nitrogens is 2. The number of carbonyl (C=O) groups is 1. The van der Waals surface area contributed by atoms with Crippen LogP contribution in [0.1, 0.15) is 23.8 Å². The smallest absolute Gasteiger partial charge is 0.272 e. The largest absolute Gasteiger partial charge is 0.382 e. The molecule has 1 atom stereocenters. The minimum atomic E-state index is -0.0680. The Morgan fingerprint density at radius 2 is 2.56 bits per heavy atom. The quantitative estimate of drug-likeness (QED) is 0.715. The fraction of sp³-hybridized carbons (Fsp3) is 0.600. The first-order valence-electron chi connectivity index (χ1n) is 5.38. The van der Waals surface area contributed by atoms with Gasteiger partial charge in [0.25, 0.3) is 5.91 Å². The van der Waals surface area contributed by atoms with Crippen LogP contribution in [0.2, 0.25) is 0 Å². The Bertz CT molecular complexity index is 377. The average molecular weight is 224 g/mol. The Hall–Kier alpha value is -1.56. The van der Waals surface area contributed by atoms with Gasteiger partial charge >= 0.3 is 0 Å². The van der Waals surface area contributed by atoms with Gasteiger partial charge in [0.1, 0.15) is 11.5 Å². The van der Waals surface area contributed by atoms with Crippen LogP contribution >= 0.6 is 0 Å². The molecule has 16 heavy (non-hydrogen) atoms. The summed E-state index contributed by atoms with van der Waals surface area (Å²) >= 11 is 0. The van der Waals surface area contributed by atoms with Gasteiger partial charge in [-0.25, -0.2) is 0 Å². The van der Waals surface area contributed by atoms with Gasteiger partial charge in [-0.15, -0.1) is 0 Å². The third-order valence-electron chi connectivity index (χ3n) is 2.57. The predicted octanol–water partition coefficient (Wildman–Crippen LogP) is 0.243. The molecule has 1 aromatic rings. The number of H-pyrrole nitrogens is 1. The molecule has 6 nitrogen and oxygen atoms in total. The van der Waals surface area contributed by atoms with Crippen LogP contribution in [0, 0.1) is 0 Å². The Labute approximate surface area is 93.8 Å². The molecule has 0 aliphatic carbocycles. The number of ether oxygens (including phenoxy) is 1. The summed E-state index contributed by atoms with van der Waals surface area (Å²) in [5, 5.41) is 6.38. The zero-order valence-electron chi connectivity index (χ0n) is 9.27. The van der Waals surface area contributed by atoms with Gasteiger partial charge in [0.15, 0.2) is 0 Å². The fourth-order valence-electron chi connectivity index (χ4n) is 1.80. The molecule has 3 N–H and O–H groups in total. The molecule has 2 rings (SSSR count). The van der Waals surface area contributed by atoms with E-state index in [0.29, 0.717) is 31.2 Å². The van der Waals surface area contributed by atoms with Crippen molar-refractivity contribution in [3.63, 3.8) is 0 Å². The van der Waals surface area contributed by atoms with Crippen molar-refractivity contribution in [3.05, 3.63) is 11.8 Å². The third kappa shape index (κ3) is 2.33. The normalized spacial score (nSPS) is 21.8. The highest BCUT2D eigenvalue weighted by Gasteiger charge is 2.22. The maximum atomic E-state index is 12.1. The zero-order valence-corrected chi connectivity index (χ0v) is 9.27. The number of hydrogen-bond donors (Lipinski definition) is 2. The van der Waals surface area contributed by atoms with E-state index in [9.17, 15) is 4.79 Å². The van der Waals surface area contributed by atoms with Crippen LogP contribution in [0.3, 0.4) is 0 Å². The van der Waals surface area contributed by atoms with E-state index in [2.05, 4.69) is 10.2 Å². The first kappa shape index (κ1) is 10.9. The lowest BCUT2D eigenvalue weighted by Crippen LogP contribution is -2.36. The van der Waals surface area contributed by atoms with Crippen molar-refractivity contribution in [2.45, 2.75) is 19.4 Å². The minimum Gasteiger partial charge on any atom is -0.382 e. The maximum absolute atomic E-state index is 12.1. The fourth-order valence-corrected chi connectivity index (χ4v) is 1.80. The van der Waals surface area contributed by atoms with Crippen molar-refractivity contribution in [2.24, 2.45) is 0 Å². The van der Waals surface area contributed by atoms with Crippen molar-refractivity contribution in [1.82, 2.24) is 15.1 Å². The van der Waals surface area contributed by atoms with Gasteiger partial charge in [-0.3, -0.25) is 9.89 Å². The van der Waals surface area contributed by atoms with Gasteiger partial charge in [-0.1, -0.05) is 0 Å². The number of hydrogen-bond acceptors (Lipinski definition) is 4. The number of rotatable bonds is 1. The molecule has 88 valence electrons. The van der Waals surface area contributed by atoms with Crippen molar-refractivity contribution in [1.29, 1.82) is 0 Å². The van der Waals surface area contributed by atoms with Gasteiger partial charge in [0.2, 0.25) is 0 Å². The third-order valence-corrected chi connectivity index (χ3v) is 2.57. The van der Waals surface area contributed by atoms with E-state index in [-0.39, 0.29) is 12.0 Å². The van der Waals surface area contributed by atoms with Crippen LogP contribution in [-0.4, -0.2) is 46.8 Å². The Kier molecular flexibility index (Phi) is 3.09. The van der Waals surface area contributed by atoms with Crippen LogP contribution in [0.15, 0.2) is 6.07 Å². The van der Waals surface area contributed by atoms with E-state index in [4.69, 9.17) is 10.5 Å². The highest BCUT2D eigenvalue weighted by Crippen LogP contribution is 2.10. The van der Waals surface area contributed by atoms with Crippen LogP contribution in [0.5, 0.6) is 0 Å². The Morgan fingerprint density at radius 1 is 1.75 bits per heavy atom. The van der Waals surface area contributed by atoms with E-state index < -0.39 is 0 Å². The highest BCUT2D eigenvalue weighted by molar-refractivity contribution is 5.93. The SMILES string of the molecule is CC1CN(C(=O)c2cc(N)n[nH]2)CCCO1. The first-order valence-corrected chi connectivity index (χ1v) is 5.38. The second-order valence-corrected chi connectivity index (χ2v) is 3.99. The number of carbonyl (C=O) groups excluding carboxylic acids is 1. The molecule has 0 aromatic carbocycles. The summed E-state index contributed by atoms with van der Waals surface area (Å²) in [6.45, 7) is 3.99. The summed E-state index contributed by atoms with van der Waals surface area (Å²) in [7, 11) is 0. The standard InChI is InChI=1S/C10H16N4O2/c1-7-6-14(3-2-4-16-7)10(15)8-5-9(11)13-12-8/h5,7H,2-4,6H2,1H3,(H3,11,12,13). The number of nitrogens with two attached hydrogens (primary N) is 1. The summed E-state index contributed by atoms with van der Waals surface area (Å²) in [4.78, 5) is 13.8. The van der Waals surface area contributed by atoms with Gasteiger partial charge < -0.3 is 15.4 Å². The molecule has 0 bridgehead atoms. The van der Waals surface area contributed by atoms with Gasteiger partial charge in [0.05, 0.1) is 6.10 Å². The number of nitrogens with zero attached hydrogens (tertiary/aromatic N) is 2. The second kappa shape index (κ2) is 4.52. The molecule has 6 heteroatoms. The van der Waals surface area contributed by atoms with E-state index in [1.165, 1.54) is 0 Å². The molecule has 0 radical (unpaired) electrons. The number of nitrogens with one attached hydrogen (secondary N) is 1. The van der Waals surface area contributed by atoms with Gasteiger partial charge in [-0.2, -0.15) is 5.10 Å². The first-order chi connectivity index (χ1) is 7.66. The molecule has 1 aliphatic heterocycles.